The van der Waals surface area contributed by atoms with Crippen molar-refractivity contribution in [1.29, 1.82) is 0 Å². The lowest BCUT2D eigenvalue weighted by molar-refractivity contribution is -0.123. The van der Waals surface area contributed by atoms with Gasteiger partial charge in [-0.05, 0) is 18.1 Å². The molecule has 1 amide bonds. The van der Waals surface area contributed by atoms with E-state index in [1.54, 1.807) is 18.5 Å². The average Bonchev–Trinajstić information content (AvgIpc) is 3.15. The Bertz CT molecular complexity index is 877. The van der Waals surface area contributed by atoms with Gasteiger partial charge in [0, 0.05) is 32.0 Å². The summed E-state index contributed by atoms with van der Waals surface area (Å²) in [6, 6.07) is 11.9. The van der Waals surface area contributed by atoms with Crippen LogP contribution in [0.4, 0.5) is 0 Å². The van der Waals surface area contributed by atoms with Crippen molar-refractivity contribution < 1.29 is 9.32 Å². The van der Waals surface area contributed by atoms with Gasteiger partial charge in [0.15, 0.2) is 0 Å². The fourth-order valence-corrected chi connectivity index (χ4v) is 3.01. The highest BCUT2D eigenvalue weighted by Gasteiger charge is 2.33. The number of nitrogens with one attached hydrogen (secondary N) is 1. The Kier molecular flexibility index (Phi) is 5.15. The molecule has 1 saturated heterocycles. The minimum absolute atomic E-state index is 0.0354. The number of likely N-dealkylation sites (tertiary alicyclic amines) is 1. The first kappa shape index (κ1) is 17.3. The third-order valence-electron chi connectivity index (χ3n) is 4.46. The number of carbonyl (C=O) groups excluding carboxylic acids is 1. The number of benzene rings is 1. The molecule has 2 aromatic heterocycles. The van der Waals surface area contributed by atoms with Crippen LogP contribution in [0.3, 0.4) is 0 Å². The van der Waals surface area contributed by atoms with Crippen molar-refractivity contribution in [3.05, 3.63) is 60.2 Å². The molecule has 1 aliphatic heterocycles. The van der Waals surface area contributed by atoms with Gasteiger partial charge in [-0.1, -0.05) is 35.5 Å². The topological polar surface area (TPSA) is 97.0 Å². The standard InChI is InChI=1S/C19H20N6O2/c26-16(20-10-7-14-5-2-1-3-6-14)13-25-11-15(12-25)19-23-18(24-27-19)17-21-8-4-9-22-17/h1-6,8-9,15H,7,10-13H2,(H,20,26). The van der Waals surface area contributed by atoms with Gasteiger partial charge in [-0.3, -0.25) is 9.69 Å². The number of amides is 1. The summed E-state index contributed by atoms with van der Waals surface area (Å²) in [4.78, 5) is 26.7. The predicted octanol–water partition coefficient (Wildman–Crippen LogP) is 1.28. The second-order valence-corrected chi connectivity index (χ2v) is 6.51. The van der Waals surface area contributed by atoms with Crippen molar-refractivity contribution >= 4 is 5.91 Å². The van der Waals surface area contributed by atoms with Crippen LogP contribution in [0, 0.1) is 0 Å². The summed E-state index contributed by atoms with van der Waals surface area (Å²) in [6.07, 6.45) is 4.11. The normalized spacial score (nSPS) is 14.7. The van der Waals surface area contributed by atoms with Crippen LogP contribution in [0.15, 0.2) is 53.3 Å². The molecule has 27 heavy (non-hydrogen) atoms. The van der Waals surface area contributed by atoms with Gasteiger partial charge in [0.2, 0.25) is 23.4 Å². The Labute approximate surface area is 156 Å². The van der Waals surface area contributed by atoms with Crippen molar-refractivity contribution in [3.8, 4) is 11.6 Å². The van der Waals surface area contributed by atoms with E-state index in [1.807, 2.05) is 18.2 Å². The number of rotatable bonds is 7. The van der Waals surface area contributed by atoms with Crippen LogP contribution >= 0.6 is 0 Å². The maximum atomic E-state index is 12.0. The highest BCUT2D eigenvalue weighted by Crippen LogP contribution is 2.26. The van der Waals surface area contributed by atoms with E-state index in [0.717, 1.165) is 19.5 Å². The second kappa shape index (κ2) is 8.05. The van der Waals surface area contributed by atoms with Crippen LogP contribution in [-0.4, -0.2) is 57.1 Å². The molecule has 0 saturated carbocycles. The molecule has 0 bridgehead atoms. The third kappa shape index (κ3) is 4.35. The molecular formula is C19H20N6O2. The van der Waals surface area contributed by atoms with Crippen LogP contribution in [0.25, 0.3) is 11.6 Å². The third-order valence-corrected chi connectivity index (χ3v) is 4.46. The highest BCUT2D eigenvalue weighted by atomic mass is 16.5. The molecule has 1 N–H and O–H groups in total. The van der Waals surface area contributed by atoms with Crippen LogP contribution in [0.2, 0.25) is 0 Å². The number of hydrogen-bond acceptors (Lipinski definition) is 7. The first-order chi connectivity index (χ1) is 13.3. The first-order valence-corrected chi connectivity index (χ1v) is 8.92. The summed E-state index contributed by atoms with van der Waals surface area (Å²) >= 11 is 0. The van der Waals surface area contributed by atoms with Gasteiger partial charge in [0.05, 0.1) is 12.5 Å². The van der Waals surface area contributed by atoms with Gasteiger partial charge in [-0.25, -0.2) is 9.97 Å². The molecule has 3 aromatic rings. The maximum absolute atomic E-state index is 12.0. The van der Waals surface area contributed by atoms with Gasteiger partial charge in [0.1, 0.15) is 0 Å². The monoisotopic (exact) mass is 364 g/mol. The summed E-state index contributed by atoms with van der Waals surface area (Å²) in [7, 11) is 0. The lowest BCUT2D eigenvalue weighted by Crippen LogP contribution is -2.49. The highest BCUT2D eigenvalue weighted by molar-refractivity contribution is 5.78. The summed E-state index contributed by atoms with van der Waals surface area (Å²) < 4.78 is 5.32. The van der Waals surface area contributed by atoms with E-state index in [9.17, 15) is 4.79 Å². The van der Waals surface area contributed by atoms with Gasteiger partial charge in [-0.2, -0.15) is 4.98 Å². The van der Waals surface area contributed by atoms with E-state index in [0.29, 0.717) is 30.6 Å². The van der Waals surface area contributed by atoms with Crippen molar-refractivity contribution in [2.75, 3.05) is 26.2 Å². The Hall–Kier alpha value is -3.13. The Morgan fingerprint density at radius 2 is 1.89 bits per heavy atom. The largest absolute Gasteiger partial charge is 0.355 e. The van der Waals surface area contributed by atoms with E-state index in [2.05, 4.69) is 42.5 Å². The molecule has 0 radical (unpaired) electrons. The first-order valence-electron chi connectivity index (χ1n) is 8.92. The molecule has 0 unspecified atom stereocenters. The van der Waals surface area contributed by atoms with E-state index < -0.39 is 0 Å². The van der Waals surface area contributed by atoms with Crippen molar-refractivity contribution in [2.24, 2.45) is 0 Å². The smallest absolute Gasteiger partial charge is 0.240 e. The molecule has 1 aromatic carbocycles. The molecule has 0 atom stereocenters. The van der Waals surface area contributed by atoms with Gasteiger partial charge >= 0.3 is 0 Å². The molecule has 1 aliphatic rings. The summed E-state index contributed by atoms with van der Waals surface area (Å²) in [5.41, 5.74) is 1.22. The number of hydrogen-bond donors (Lipinski definition) is 1. The van der Waals surface area contributed by atoms with E-state index in [1.165, 1.54) is 5.56 Å². The zero-order chi connectivity index (χ0) is 18.5. The van der Waals surface area contributed by atoms with E-state index in [4.69, 9.17) is 4.52 Å². The maximum Gasteiger partial charge on any atom is 0.240 e. The van der Waals surface area contributed by atoms with Gasteiger partial charge in [0.25, 0.3) is 0 Å². The SMILES string of the molecule is O=C(CN1CC(c2nc(-c3ncccn3)no2)C1)NCCc1ccccc1. The molecule has 4 rings (SSSR count). The van der Waals surface area contributed by atoms with Crippen LogP contribution < -0.4 is 5.32 Å². The average molecular weight is 364 g/mol. The van der Waals surface area contributed by atoms with Crippen LogP contribution in [0.5, 0.6) is 0 Å². The molecule has 138 valence electrons. The Balaban J connectivity index is 1.20. The second-order valence-electron chi connectivity index (χ2n) is 6.51. The predicted molar refractivity (Wildman–Crippen MR) is 97.7 cm³/mol. The molecule has 8 heteroatoms. The van der Waals surface area contributed by atoms with Crippen LogP contribution in [0.1, 0.15) is 17.4 Å². The number of nitrogens with zero attached hydrogens (tertiary/aromatic N) is 5. The van der Waals surface area contributed by atoms with Crippen molar-refractivity contribution in [3.63, 3.8) is 0 Å². The Morgan fingerprint density at radius 3 is 2.67 bits per heavy atom. The fraction of sp³-hybridized carbons (Fsp3) is 0.316. The van der Waals surface area contributed by atoms with Gasteiger partial charge < -0.3 is 9.84 Å². The lowest BCUT2D eigenvalue weighted by Gasteiger charge is -2.36. The zero-order valence-corrected chi connectivity index (χ0v) is 14.8. The fourth-order valence-electron chi connectivity index (χ4n) is 3.01. The minimum atomic E-state index is 0.0354. The summed E-state index contributed by atoms with van der Waals surface area (Å²) in [6.45, 7) is 2.48. The van der Waals surface area contributed by atoms with Crippen molar-refractivity contribution in [1.82, 2.24) is 30.3 Å². The summed E-state index contributed by atoms with van der Waals surface area (Å²) in [5, 5.41) is 6.90. The zero-order valence-electron chi connectivity index (χ0n) is 14.8. The summed E-state index contributed by atoms with van der Waals surface area (Å²) in [5.74, 6) is 1.59. The molecule has 3 heterocycles. The van der Waals surface area contributed by atoms with Crippen LogP contribution in [-0.2, 0) is 11.2 Å². The Morgan fingerprint density at radius 1 is 1.11 bits per heavy atom. The van der Waals surface area contributed by atoms with E-state index >= 15 is 0 Å². The molecule has 1 fully saturated rings. The lowest BCUT2D eigenvalue weighted by atomic mass is 10.0. The minimum Gasteiger partial charge on any atom is -0.355 e. The van der Waals surface area contributed by atoms with Crippen molar-refractivity contribution in [2.45, 2.75) is 12.3 Å². The number of carbonyl (C=O) groups is 1. The molecule has 0 aliphatic carbocycles. The molecular weight excluding hydrogens is 344 g/mol. The molecule has 0 spiro atoms. The number of aromatic nitrogens is 4. The van der Waals surface area contributed by atoms with Gasteiger partial charge in [-0.15, -0.1) is 0 Å². The molecule has 8 nitrogen and oxygen atoms in total. The quantitative estimate of drug-likeness (QED) is 0.674. The van der Waals surface area contributed by atoms with E-state index in [-0.39, 0.29) is 11.8 Å².